The van der Waals surface area contributed by atoms with Crippen molar-refractivity contribution >= 4 is 16.0 Å². The lowest BCUT2D eigenvalue weighted by Gasteiger charge is -2.21. The van der Waals surface area contributed by atoms with Gasteiger partial charge in [0.05, 0.1) is 18.3 Å². The molecule has 1 rings (SSSR count). The number of nitrogens with one attached hydrogen (secondary N) is 1. The first kappa shape index (κ1) is 18.4. The largest absolute Gasteiger partial charge is 0.469 e. The molecule has 3 unspecified atom stereocenters. The Morgan fingerprint density at radius 1 is 1.33 bits per heavy atom. The number of rotatable bonds is 9. The fourth-order valence-corrected chi connectivity index (χ4v) is 4.84. The summed E-state index contributed by atoms with van der Waals surface area (Å²) in [4.78, 5) is 11.7. The van der Waals surface area contributed by atoms with Crippen LogP contribution >= 0.6 is 0 Å². The highest BCUT2D eigenvalue weighted by atomic mass is 32.2. The summed E-state index contributed by atoms with van der Waals surface area (Å²) in [5.74, 6) is -0.540. The predicted octanol–water partition coefficient (Wildman–Crippen LogP) is 2.46. The van der Waals surface area contributed by atoms with Crippen molar-refractivity contribution in [3.8, 4) is 0 Å². The second-order valence-electron chi connectivity index (χ2n) is 5.91. The zero-order valence-electron chi connectivity index (χ0n) is 13.4. The van der Waals surface area contributed by atoms with Crippen LogP contribution in [0.3, 0.4) is 0 Å². The Kier molecular flexibility index (Phi) is 7.66. The maximum Gasteiger partial charge on any atom is 0.310 e. The van der Waals surface area contributed by atoms with Gasteiger partial charge in [0.25, 0.3) is 0 Å². The number of esters is 1. The Balaban J connectivity index is 2.61. The minimum atomic E-state index is -3.45. The number of carbonyl (C=O) groups is 1. The van der Waals surface area contributed by atoms with Crippen molar-refractivity contribution in [2.45, 2.75) is 64.0 Å². The van der Waals surface area contributed by atoms with Gasteiger partial charge in [-0.3, -0.25) is 4.79 Å². The zero-order valence-corrected chi connectivity index (χ0v) is 14.2. The third kappa shape index (κ3) is 5.25. The van der Waals surface area contributed by atoms with Gasteiger partial charge in [0.15, 0.2) is 0 Å². The van der Waals surface area contributed by atoms with Gasteiger partial charge in [-0.15, -0.1) is 0 Å². The molecular formula is C15H29NO4S. The fourth-order valence-electron chi connectivity index (χ4n) is 3.00. The van der Waals surface area contributed by atoms with E-state index in [1.54, 1.807) is 0 Å². The van der Waals surface area contributed by atoms with Gasteiger partial charge in [-0.25, -0.2) is 13.1 Å². The van der Waals surface area contributed by atoms with E-state index in [0.717, 1.165) is 32.1 Å². The first-order valence-electron chi connectivity index (χ1n) is 8.02. The van der Waals surface area contributed by atoms with Crippen LogP contribution in [0.15, 0.2) is 0 Å². The molecule has 5 nitrogen and oxygen atoms in total. The fraction of sp³-hybridized carbons (Fsp3) is 0.933. The molecule has 0 bridgehead atoms. The normalized spacial score (nSPS) is 24.0. The lowest BCUT2D eigenvalue weighted by Crippen LogP contribution is -2.41. The van der Waals surface area contributed by atoms with Crippen LogP contribution in [-0.2, 0) is 19.6 Å². The predicted molar refractivity (Wildman–Crippen MR) is 83.4 cm³/mol. The molecule has 1 fully saturated rings. The summed E-state index contributed by atoms with van der Waals surface area (Å²) in [7, 11) is -2.13. The topological polar surface area (TPSA) is 72.5 Å². The SMILES string of the molecule is CCCCC(CC)CNS(=O)(=O)C1CCCC1C(=O)OC. The maximum atomic E-state index is 12.4. The highest BCUT2D eigenvalue weighted by Gasteiger charge is 2.42. The van der Waals surface area contributed by atoms with Crippen LogP contribution in [0.1, 0.15) is 58.8 Å². The van der Waals surface area contributed by atoms with Crippen molar-refractivity contribution in [2.75, 3.05) is 13.7 Å². The van der Waals surface area contributed by atoms with E-state index in [0.29, 0.717) is 25.3 Å². The summed E-state index contributed by atoms with van der Waals surface area (Å²) in [5, 5.41) is -0.631. The van der Waals surface area contributed by atoms with E-state index in [1.165, 1.54) is 7.11 Å². The van der Waals surface area contributed by atoms with E-state index >= 15 is 0 Å². The molecule has 0 aromatic carbocycles. The zero-order chi connectivity index (χ0) is 15.9. The number of carbonyl (C=O) groups excluding carboxylic acids is 1. The Labute approximate surface area is 128 Å². The van der Waals surface area contributed by atoms with E-state index < -0.39 is 27.2 Å². The summed E-state index contributed by atoms with van der Waals surface area (Å²) in [6.07, 6.45) is 6.16. The molecule has 0 aliphatic heterocycles. The standard InChI is InChI=1S/C15H29NO4S/c1-4-6-8-12(5-2)11-16-21(18,19)14-10-7-9-13(14)15(17)20-3/h12-14,16H,4-11H2,1-3H3. The average molecular weight is 319 g/mol. The number of methoxy groups -OCH3 is 1. The van der Waals surface area contributed by atoms with Crippen molar-refractivity contribution in [3.05, 3.63) is 0 Å². The van der Waals surface area contributed by atoms with Crippen LogP contribution in [0.4, 0.5) is 0 Å². The number of unbranched alkanes of at least 4 members (excludes halogenated alkanes) is 1. The van der Waals surface area contributed by atoms with Gasteiger partial charge in [-0.2, -0.15) is 0 Å². The molecule has 0 aromatic heterocycles. The van der Waals surface area contributed by atoms with Crippen LogP contribution in [0, 0.1) is 11.8 Å². The van der Waals surface area contributed by atoms with Crippen LogP contribution in [0.5, 0.6) is 0 Å². The van der Waals surface area contributed by atoms with Crippen molar-refractivity contribution in [2.24, 2.45) is 11.8 Å². The van der Waals surface area contributed by atoms with Crippen LogP contribution in [0.2, 0.25) is 0 Å². The van der Waals surface area contributed by atoms with Crippen LogP contribution in [-0.4, -0.2) is 33.3 Å². The third-order valence-electron chi connectivity index (χ3n) is 4.47. The molecule has 0 heterocycles. The molecule has 1 aliphatic carbocycles. The van der Waals surface area contributed by atoms with Crippen LogP contribution < -0.4 is 4.72 Å². The molecule has 6 heteroatoms. The molecule has 0 spiro atoms. The van der Waals surface area contributed by atoms with Gasteiger partial charge >= 0.3 is 5.97 Å². The lowest BCUT2D eigenvalue weighted by atomic mass is 10.00. The molecule has 3 atom stereocenters. The van der Waals surface area contributed by atoms with Gasteiger partial charge in [-0.05, 0) is 25.2 Å². The first-order valence-corrected chi connectivity index (χ1v) is 9.57. The quantitative estimate of drug-likeness (QED) is 0.663. The Hall–Kier alpha value is -0.620. The number of hydrogen-bond acceptors (Lipinski definition) is 4. The monoisotopic (exact) mass is 319 g/mol. The summed E-state index contributed by atoms with van der Waals surface area (Å²) in [6.45, 7) is 4.70. The second kappa shape index (κ2) is 8.73. The summed E-state index contributed by atoms with van der Waals surface area (Å²) >= 11 is 0. The van der Waals surface area contributed by atoms with Gasteiger partial charge < -0.3 is 4.74 Å². The van der Waals surface area contributed by atoms with E-state index in [2.05, 4.69) is 18.6 Å². The molecule has 1 N–H and O–H groups in total. The van der Waals surface area contributed by atoms with E-state index in [9.17, 15) is 13.2 Å². The van der Waals surface area contributed by atoms with Gasteiger partial charge in [0.1, 0.15) is 0 Å². The second-order valence-corrected chi connectivity index (χ2v) is 7.89. The Morgan fingerprint density at radius 3 is 2.62 bits per heavy atom. The third-order valence-corrected chi connectivity index (χ3v) is 6.40. The highest BCUT2D eigenvalue weighted by Crippen LogP contribution is 2.31. The van der Waals surface area contributed by atoms with Gasteiger partial charge in [0, 0.05) is 6.54 Å². The molecule has 0 saturated heterocycles. The smallest absolute Gasteiger partial charge is 0.310 e. The maximum absolute atomic E-state index is 12.4. The van der Waals surface area contributed by atoms with Crippen molar-refractivity contribution in [1.29, 1.82) is 0 Å². The molecule has 0 radical (unpaired) electrons. The minimum Gasteiger partial charge on any atom is -0.469 e. The summed E-state index contributed by atoms with van der Waals surface area (Å²) in [5.41, 5.74) is 0. The molecule has 1 saturated carbocycles. The Bertz CT molecular complexity index is 421. The lowest BCUT2D eigenvalue weighted by molar-refractivity contribution is -0.145. The van der Waals surface area contributed by atoms with Gasteiger partial charge in [0.2, 0.25) is 10.0 Å². The molecule has 1 aliphatic rings. The van der Waals surface area contributed by atoms with E-state index in [4.69, 9.17) is 4.74 Å². The summed E-state index contributed by atoms with van der Waals surface area (Å²) in [6, 6.07) is 0. The summed E-state index contributed by atoms with van der Waals surface area (Å²) < 4.78 is 32.3. The number of hydrogen-bond donors (Lipinski definition) is 1. The highest BCUT2D eigenvalue weighted by molar-refractivity contribution is 7.90. The van der Waals surface area contributed by atoms with Crippen molar-refractivity contribution < 1.29 is 17.9 Å². The molecule has 0 amide bonds. The molecule has 21 heavy (non-hydrogen) atoms. The molecule has 124 valence electrons. The number of ether oxygens (including phenoxy) is 1. The number of sulfonamides is 1. The van der Waals surface area contributed by atoms with Crippen LogP contribution in [0.25, 0.3) is 0 Å². The molecule has 0 aromatic rings. The first-order chi connectivity index (χ1) is 9.96. The van der Waals surface area contributed by atoms with Gasteiger partial charge in [-0.1, -0.05) is 39.5 Å². The Morgan fingerprint density at radius 2 is 2.05 bits per heavy atom. The molecular weight excluding hydrogens is 290 g/mol. The van der Waals surface area contributed by atoms with Crippen molar-refractivity contribution in [1.82, 2.24) is 4.72 Å². The van der Waals surface area contributed by atoms with Crippen molar-refractivity contribution in [3.63, 3.8) is 0 Å². The van der Waals surface area contributed by atoms with E-state index in [-0.39, 0.29) is 0 Å². The van der Waals surface area contributed by atoms with E-state index in [1.807, 2.05) is 0 Å². The minimum absolute atomic E-state index is 0.373. The average Bonchev–Trinajstić information content (AvgIpc) is 2.97.